The van der Waals surface area contributed by atoms with Crippen molar-refractivity contribution >= 4 is 10.0 Å². The van der Waals surface area contributed by atoms with Crippen molar-refractivity contribution in [2.75, 3.05) is 20.1 Å². The molecule has 0 unspecified atom stereocenters. The highest BCUT2D eigenvalue weighted by Gasteiger charge is 2.36. The Morgan fingerprint density at radius 1 is 1.56 bits per heavy atom. The number of hydrogen-bond acceptors (Lipinski definition) is 5. The molecule has 2 atom stereocenters. The third-order valence-corrected chi connectivity index (χ3v) is 5.10. The van der Waals surface area contributed by atoms with Crippen molar-refractivity contribution in [1.29, 1.82) is 0 Å². The summed E-state index contributed by atoms with van der Waals surface area (Å²) in [6.45, 7) is 2.60. The second-order valence-electron chi connectivity index (χ2n) is 4.55. The Kier molecular flexibility index (Phi) is 3.45. The maximum absolute atomic E-state index is 12.3. The summed E-state index contributed by atoms with van der Waals surface area (Å²) in [6.07, 6.45) is 0.797. The fourth-order valence-corrected chi connectivity index (χ4v) is 3.40. The Bertz CT molecular complexity index is 520. The Morgan fingerprint density at radius 3 is 2.67 bits per heavy atom. The van der Waals surface area contributed by atoms with E-state index in [4.69, 9.17) is 0 Å². The zero-order chi connectivity index (χ0) is 13.5. The third kappa shape index (κ3) is 2.16. The van der Waals surface area contributed by atoms with Crippen molar-refractivity contribution in [3.8, 4) is 0 Å². The van der Waals surface area contributed by atoms with Crippen LogP contribution in [0, 0.1) is 6.92 Å². The first-order valence-corrected chi connectivity index (χ1v) is 7.15. The second-order valence-corrected chi connectivity index (χ2v) is 6.50. The van der Waals surface area contributed by atoms with Crippen LogP contribution in [0.2, 0.25) is 0 Å². The van der Waals surface area contributed by atoms with Crippen LogP contribution in [0.5, 0.6) is 0 Å². The number of aromatic nitrogens is 2. The maximum atomic E-state index is 12.3. The summed E-state index contributed by atoms with van der Waals surface area (Å²) in [6, 6.07) is -0.447. The summed E-state index contributed by atoms with van der Waals surface area (Å²) >= 11 is 0. The van der Waals surface area contributed by atoms with Crippen LogP contribution in [-0.2, 0) is 17.1 Å². The quantitative estimate of drug-likeness (QED) is 0.714. The van der Waals surface area contributed by atoms with Crippen molar-refractivity contribution in [1.82, 2.24) is 19.2 Å². The van der Waals surface area contributed by atoms with Gasteiger partial charge in [-0.05, 0) is 6.92 Å². The molecule has 1 aliphatic rings. The van der Waals surface area contributed by atoms with Crippen molar-refractivity contribution in [3.05, 3.63) is 12.0 Å². The third-order valence-electron chi connectivity index (χ3n) is 3.35. The molecule has 102 valence electrons. The fourth-order valence-electron chi connectivity index (χ4n) is 2.00. The van der Waals surface area contributed by atoms with Crippen molar-refractivity contribution < 1.29 is 13.5 Å². The first-order chi connectivity index (χ1) is 8.34. The Balaban J connectivity index is 2.30. The first-order valence-electron chi connectivity index (χ1n) is 5.71. The molecule has 0 aliphatic carbocycles. The molecule has 2 heterocycles. The number of aliphatic hydroxyl groups is 1. The number of imidazole rings is 1. The number of nitrogens with zero attached hydrogens (tertiary/aromatic N) is 3. The van der Waals surface area contributed by atoms with E-state index < -0.39 is 22.2 Å². The number of aliphatic hydroxyl groups excluding tert-OH is 1. The van der Waals surface area contributed by atoms with Crippen LogP contribution in [-0.4, -0.2) is 59.7 Å². The number of rotatable bonds is 3. The van der Waals surface area contributed by atoms with Gasteiger partial charge in [0.05, 0.1) is 12.1 Å². The molecule has 1 aromatic heterocycles. The Labute approximate surface area is 106 Å². The molecule has 0 amide bonds. The van der Waals surface area contributed by atoms with E-state index in [1.807, 2.05) is 0 Å². The van der Waals surface area contributed by atoms with Gasteiger partial charge in [-0.15, -0.1) is 0 Å². The van der Waals surface area contributed by atoms with Crippen LogP contribution in [0.4, 0.5) is 0 Å². The molecule has 2 rings (SSSR count). The van der Waals surface area contributed by atoms with Crippen LogP contribution in [0.1, 0.15) is 5.82 Å². The molecule has 18 heavy (non-hydrogen) atoms. The number of β-amino-alcohol motifs (C(OH)–C–C–N with tert-alkyl or cyclic N) is 1. The van der Waals surface area contributed by atoms with Crippen molar-refractivity contribution in [2.24, 2.45) is 7.05 Å². The summed E-state index contributed by atoms with van der Waals surface area (Å²) in [5.74, 6) is 0.632. The monoisotopic (exact) mass is 274 g/mol. The topological polar surface area (TPSA) is 87.5 Å². The van der Waals surface area contributed by atoms with Gasteiger partial charge in [-0.3, -0.25) is 0 Å². The van der Waals surface area contributed by atoms with Crippen LogP contribution in [0.3, 0.4) is 0 Å². The standard InChI is InChI=1S/C10H18N4O3S/c1-7-12-10(6-13(7)2)18(16,17)14(3)8-4-11-5-9(8)15/h6,8-9,11,15H,4-5H2,1-3H3/t8-,9-/m0/s1. The minimum absolute atomic E-state index is 0.0177. The van der Waals surface area contributed by atoms with Gasteiger partial charge in [0, 0.05) is 33.4 Å². The van der Waals surface area contributed by atoms with Gasteiger partial charge in [0.25, 0.3) is 10.0 Å². The van der Waals surface area contributed by atoms with Crippen LogP contribution < -0.4 is 5.32 Å². The summed E-state index contributed by atoms with van der Waals surface area (Å²) in [7, 11) is -0.440. The fraction of sp³-hybridized carbons (Fsp3) is 0.700. The van der Waals surface area contributed by atoms with E-state index in [0.717, 1.165) is 0 Å². The van der Waals surface area contributed by atoms with Gasteiger partial charge in [0.15, 0.2) is 5.03 Å². The molecule has 1 fully saturated rings. The van der Waals surface area contributed by atoms with Gasteiger partial charge in [-0.1, -0.05) is 0 Å². The average molecular weight is 274 g/mol. The molecule has 2 N–H and O–H groups in total. The molecule has 1 aromatic rings. The van der Waals surface area contributed by atoms with Gasteiger partial charge in [0.1, 0.15) is 5.82 Å². The molecule has 0 spiro atoms. The van der Waals surface area contributed by atoms with Gasteiger partial charge in [-0.2, -0.15) is 4.31 Å². The van der Waals surface area contributed by atoms with Gasteiger partial charge in [0.2, 0.25) is 0 Å². The Hall–Kier alpha value is -0.960. The number of likely N-dealkylation sites (N-methyl/N-ethyl adjacent to an activating group) is 1. The number of nitrogens with one attached hydrogen (secondary N) is 1. The summed E-state index contributed by atoms with van der Waals surface area (Å²) in [5, 5.41) is 12.7. The molecule has 0 aromatic carbocycles. The molecule has 1 saturated heterocycles. The highest BCUT2D eigenvalue weighted by atomic mass is 32.2. The Morgan fingerprint density at radius 2 is 2.22 bits per heavy atom. The predicted molar refractivity (Wildman–Crippen MR) is 65.6 cm³/mol. The molecular weight excluding hydrogens is 256 g/mol. The zero-order valence-electron chi connectivity index (χ0n) is 10.7. The number of hydrogen-bond donors (Lipinski definition) is 2. The summed E-state index contributed by atoms with van der Waals surface area (Å²) < 4.78 is 27.5. The summed E-state index contributed by atoms with van der Waals surface area (Å²) in [4.78, 5) is 4.03. The van der Waals surface area contributed by atoms with Crippen LogP contribution in [0.15, 0.2) is 11.2 Å². The smallest absolute Gasteiger partial charge is 0.262 e. The molecule has 0 radical (unpaired) electrons. The molecule has 8 heteroatoms. The van der Waals surface area contributed by atoms with Crippen LogP contribution >= 0.6 is 0 Å². The van der Waals surface area contributed by atoms with E-state index in [1.54, 1.807) is 18.5 Å². The van der Waals surface area contributed by atoms with Crippen molar-refractivity contribution in [2.45, 2.75) is 24.1 Å². The van der Waals surface area contributed by atoms with E-state index in [9.17, 15) is 13.5 Å². The van der Waals surface area contributed by atoms with Crippen LogP contribution in [0.25, 0.3) is 0 Å². The largest absolute Gasteiger partial charge is 0.390 e. The van der Waals surface area contributed by atoms with E-state index in [2.05, 4.69) is 10.3 Å². The lowest BCUT2D eigenvalue weighted by Gasteiger charge is -2.24. The van der Waals surface area contributed by atoms with Crippen molar-refractivity contribution in [3.63, 3.8) is 0 Å². The lowest BCUT2D eigenvalue weighted by molar-refractivity contribution is 0.136. The van der Waals surface area contributed by atoms with Gasteiger partial charge < -0.3 is 15.0 Å². The molecule has 0 saturated carbocycles. The van der Waals surface area contributed by atoms with E-state index in [-0.39, 0.29) is 5.03 Å². The molecule has 7 nitrogen and oxygen atoms in total. The summed E-state index contributed by atoms with van der Waals surface area (Å²) in [5.41, 5.74) is 0. The first kappa shape index (κ1) is 13.5. The van der Waals surface area contributed by atoms with E-state index in [1.165, 1.54) is 17.5 Å². The lowest BCUT2D eigenvalue weighted by atomic mass is 10.2. The van der Waals surface area contributed by atoms with Gasteiger partial charge in [-0.25, -0.2) is 13.4 Å². The van der Waals surface area contributed by atoms with E-state index >= 15 is 0 Å². The number of sulfonamides is 1. The number of aryl methyl sites for hydroxylation is 2. The lowest BCUT2D eigenvalue weighted by Crippen LogP contribution is -2.44. The highest BCUT2D eigenvalue weighted by molar-refractivity contribution is 7.89. The zero-order valence-corrected chi connectivity index (χ0v) is 11.5. The van der Waals surface area contributed by atoms with Gasteiger partial charge >= 0.3 is 0 Å². The molecule has 0 bridgehead atoms. The molecule has 1 aliphatic heterocycles. The highest BCUT2D eigenvalue weighted by Crippen LogP contribution is 2.18. The minimum Gasteiger partial charge on any atom is -0.390 e. The minimum atomic E-state index is -3.66. The molecular formula is C10H18N4O3S. The maximum Gasteiger partial charge on any atom is 0.262 e. The second kappa shape index (κ2) is 4.61. The SMILES string of the molecule is Cc1nc(S(=O)(=O)N(C)[C@H]2CNC[C@@H]2O)cn1C. The normalized spacial score (nSPS) is 24.9. The van der Waals surface area contributed by atoms with E-state index in [0.29, 0.717) is 18.9 Å². The predicted octanol–water partition coefficient (Wildman–Crippen LogP) is -1.32. The average Bonchev–Trinajstić information content (AvgIpc) is 2.85.